The van der Waals surface area contributed by atoms with Crippen LogP contribution in [0.1, 0.15) is 31.2 Å². The highest BCUT2D eigenvalue weighted by Gasteiger charge is 2.41. The summed E-state index contributed by atoms with van der Waals surface area (Å²) in [6.45, 7) is 2.93. The van der Waals surface area contributed by atoms with Crippen LogP contribution in [0.4, 0.5) is 0 Å². The van der Waals surface area contributed by atoms with Gasteiger partial charge < -0.3 is 11.1 Å². The lowest BCUT2D eigenvalue weighted by atomic mass is 9.77. The van der Waals surface area contributed by atoms with E-state index < -0.39 is 5.54 Å². The zero-order chi connectivity index (χ0) is 14.0. The molecule has 108 valence electrons. The molecular formula is C16H23N3O. The number of carbonyl (C=O) groups is 1. The monoisotopic (exact) mass is 273 g/mol. The maximum Gasteiger partial charge on any atom is 0.240 e. The van der Waals surface area contributed by atoms with E-state index in [1.165, 1.54) is 5.56 Å². The molecule has 3 rings (SSSR count). The van der Waals surface area contributed by atoms with Crippen LogP contribution in [-0.4, -0.2) is 35.5 Å². The molecule has 3 N–H and O–H groups in total. The van der Waals surface area contributed by atoms with Gasteiger partial charge in [0.15, 0.2) is 0 Å². The van der Waals surface area contributed by atoms with Crippen molar-refractivity contribution >= 4 is 5.91 Å². The first-order chi connectivity index (χ1) is 9.66. The first-order valence-corrected chi connectivity index (χ1v) is 7.52. The predicted octanol–water partition coefficient (Wildman–Crippen LogP) is 1.26. The summed E-state index contributed by atoms with van der Waals surface area (Å²) in [7, 11) is 0. The molecular weight excluding hydrogens is 250 g/mol. The summed E-state index contributed by atoms with van der Waals surface area (Å²) >= 11 is 0. The first kappa shape index (κ1) is 13.6. The van der Waals surface area contributed by atoms with E-state index in [1.54, 1.807) is 0 Å². The Balaban J connectivity index is 1.48. The minimum Gasteiger partial charge on any atom is -0.350 e. The molecule has 0 bridgehead atoms. The number of benzene rings is 1. The Morgan fingerprint density at radius 2 is 2.10 bits per heavy atom. The Morgan fingerprint density at radius 3 is 2.75 bits per heavy atom. The molecule has 4 heteroatoms. The molecule has 1 aliphatic heterocycles. The third-order valence-electron chi connectivity index (χ3n) is 4.55. The Kier molecular flexibility index (Phi) is 3.76. The molecule has 1 atom stereocenters. The molecule has 0 aromatic heterocycles. The van der Waals surface area contributed by atoms with Gasteiger partial charge in [-0.2, -0.15) is 0 Å². The van der Waals surface area contributed by atoms with Crippen molar-refractivity contribution in [2.75, 3.05) is 13.1 Å². The predicted molar refractivity (Wildman–Crippen MR) is 79.0 cm³/mol. The second kappa shape index (κ2) is 5.54. The van der Waals surface area contributed by atoms with Gasteiger partial charge in [0.2, 0.25) is 5.91 Å². The van der Waals surface area contributed by atoms with E-state index in [1.807, 2.05) is 6.07 Å². The molecule has 0 radical (unpaired) electrons. The molecule has 1 unspecified atom stereocenters. The van der Waals surface area contributed by atoms with Crippen LogP contribution in [0.3, 0.4) is 0 Å². The number of likely N-dealkylation sites (tertiary alicyclic amines) is 1. The van der Waals surface area contributed by atoms with Crippen molar-refractivity contribution in [3.63, 3.8) is 0 Å². The van der Waals surface area contributed by atoms with Gasteiger partial charge >= 0.3 is 0 Å². The molecule has 1 aromatic rings. The van der Waals surface area contributed by atoms with Gasteiger partial charge in [-0.25, -0.2) is 0 Å². The quantitative estimate of drug-likeness (QED) is 0.868. The van der Waals surface area contributed by atoms with Gasteiger partial charge in [-0.1, -0.05) is 30.3 Å². The van der Waals surface area contributed by atoms with Crippen LogP contribution in [0.2, 0.25) is 0 Å². The molecule has 1 amide bonds. The standard InChI is InChI=1S/C16H23N3O/c17-16(8-4-9-16)15(20)18-14-7-10-19(12-14)11-13-5-2-1-3-6-13/h1-3,5-6,14H,4,7-12,17H2,(H,18,20). The second-order valence-corrected chi connectivity index (χ2v) is 6.19. The van der Waals surface area contributed by atoms with Crippen LogP contribution in [0.5, 0.6) is 0 Å². The summed E-state index contributed by atoms with van der Waals surface area (Å²) in [6.07, 6.45) is 3.77. The lowest BCUT2D eigenvalue weighted by Gasteiger charge is -2.37. The van der Waals surface area contributed by atoms with Gasteiger partial charge in [0.25, 0.3) is 0 Å². The molecule has 2 fully saturated rings. The van der Waals surface area contributed by atoms with E-state index >= 15 is 0 Å². The van der Waals surface area contributed by atoms with E-state index in [2.05, 4.69) is 34.5 Å². The van der Waals surface area contributed by atoms with Gasteiger partial charge in [0.05, 0.1) is 5.54 Å². The highest BCUT2D eigenvalue weighted by Crippen LogP contribution is 2.29. The van der Waals surface area contributed by atoms with Crippen LogP contribution >= 0.6 is 0 Å². The normalized spacial score (nSPS) is 25.1. The largest absolute Gasteiger partial charge is 0.350 e. The smallest absolute Gasteiger partial charge is 0.240 e. The Morgan fingerprint density at radius 1 is 1.35 bits per heavy atom. The minimum atomic E-state index is -0.577. The Hall–Kier alpha value is -1.39. The van der Waals surface area contributed by atoms with Crippen molar-refractivity contribution < 1.29 is 4.79 Å². The molecule has 1 saturated carbocycles. The lowest BCUT2D eigenvalue weighted by Crippen LogP contribution is -2.60. The lowest BCUT2D eigenvalue weighted by molar-refractivity contribution is -0.129. The topological polar surface area (TPSA) is 58.4 Å². The molecule has 1 aromatic carbocycles. The van der Waals surface area contributed by atoms with Crippen LogP contribution in [-0.2, 0) is 11.3 Å². The fourth-order valence-corrected chi connectivity index (χ4v) is 3.05. The fourth-order valence-electron chi connectivity index (χ4n) is 3.05. The van der Waals surface area contributed by atoms with E-state index in [0.717, 1.165) is 45.3 Å². The summed E-state index contributed by atoms with van der Waals surface area (Å²) in [5, 5.41) is 3.13. The zero-order valence-electron chi connectivity index (χ0n) is 11.8. The van der Waals surface area contributed by atoms with Crippen LogP contribution in [0.25, 0.3) is 0 Å². The van der Waals surface area contributed by atoms with Crippen LogP contribution in [0.15, 0.2) is 30.3 Å². The Labute approximate surface area is 120 Å². The van der Waals surface area contributed by atoms with Gasteiger partial charge in [0.1, 0.15) is 0 Å². The highest BCUT2D eigenvalue weighted by atomic mass is 16.2. The third kappa shape index (κ3) is 2.86. The molecule has 1 aliphatic carbocycles. The average molecular weight is 273 g/mol. The highest BCUT2D eigenvalue weighted by molar-refractivity contribution is 5.87. The summed E-state index contributed by atoms with van der Waals surface area (Å²) in [5.41, 5.74) is 6.81. The van der Waals surface area contributed by atoms with E-state index in [9.17, 15) is 4.79 Å². The fraction of sp³-hybridized carbons (Fsp3) is 0.562. The van der Waals surface area contributed by atoms with Crippen molar-refractivity contribution in [2.45, 2.75) is 43.8 Å². The maximum atomic E-state index is 12.1. The van der Waals surface area contributed by atoms with Crippen LogP contribution in [0, 0.1) is 0 Å². The number of hydrogen-bond acceptors (Lipinski definition) is 3. The van der Waals surface area contributed by atoms with Gasteiger partial charge in [-0.15, -0.1) is 0 Å². The SMILES string of the molecule is NC1(C(=O)NC2CCN(Cc3ccccc3)C2)CCC1. The zero-order valence-corrected chi connectivity index (χ0v) is 11.8. The number of amides is 1. The summed E-state index contributed by atoms with van der Waals surface area (Å²) in [6, 6.07) is 10.7. The van der Waals surface area contributed by atoms with Gasteiger partial charge in [-0.05, 0) is 31.2 Å². The average Bonchev–Trinajstić information content (AvgIpc) is 2.84. The van der Waals surface area contributed by atoms with Crippen LogP contribution < -0.4 is 11.1 Å². The summed E-state index contributed by atoms with van der Waals surface area (Å²) in [5.74, 6) is 0.0512. The molecule has 2 aliphatic rings. The van der Waals surface area contributed by atoms with Crippen molar-refractivity contribution in [3.05, 3.63) is 35.9 Å². The number of rotatable bonds is 4. The molecule has 20 heavy (non-hydrogen) atoms. The Bertz CT molecular complexity index is 470. The molecule has 1 saturated heterocycles. The van der Waals surface area contributed by atoms with E-state index in [-0.39, 0.29) is 11.9 Å². The summed E-state index contributed by atoms with van der Waals surface area (Å²) in [4.78, 5) is 14.5. The minimum absolute atomic E-state index is 0.0512. The van der Waals surface area contributed by atoms with Crippen molar-refractivity contribution in [1.82, 2.24) is 10.2 Å². The number of nitrogens with two attached hydrogens (primary N) is 1. The molecule has 4 nitrogen and oxygen atoms in total. The van der Waals surface area contributed by atoms with Gasteiger partial charge in [0, 0.05) is 25.7 Å². The van der Waals surface area contributed by atoms with Gasteiger partial charge in [-0.3, -0.25) is 9.69 Å². The second-order valence-electron chi connectivity index (χ2n) is 6.19. The first-order valence-electron chi connectivity index (χ1n) is 7.52. The maximum absolute atomic E-state index is 12.1. The summed E-state index contributed by atoms with van der Waals surface area (Å²) < 4.78 is 0. The van der Waals surface area contributed by atoms with E-state index in [0.29, 0.717) is 0 Å². The van der Waals surface area contributed by atoms with Crippen molar-refractivity contribution in [1.29, 1.82) is 0 Å². The number of nitrogens with zero attached hydrogens (tertiary/aromatic N) is 1. The third-order valence-corrected chi connectivity index (χ3v) is 4.55. The van der Waals surface area contributed by atoms with Crippen molar-refractivity contribution in [2.24, 2.45) is 5.73 Å². The number of carbonyl (C=O) groups excluding carboxylic acids is 1. The van der Waals surface area contributed by atoms with E-state index in [4.69, 9.17) is 5.73 Å². The number of hydrogen-bond donors (Lipinski definition) is 2. The molecule has 1 heterocycles. The number of nitrogens with one attached hydrogen (secondary N) is 1. The van der Waals surface area contributed by atoms with Crippen molar-refractivity contribution in [3.8, 4) is 0 Å². The molecule has 0 spiro atoms.